The summed E-state index contributed by atoms with van der Waals surface area (Å²) in [7, 11) is 0. The van der Waals surface area contributed by atoms with E-state index in [2.05, 4.69) is 41.7 Å². The Morgan fingerprint density at radius 2 is 1.96 bits per heavy atom. The molecule has 1 amide bonds. The molecule has 3 aromatic rings. The van der Waals surface area contributed by atoms with Crippen molar-refractivity contribution >= 4 is 39.2 Å². The third-order valence-corrected chi connectivity index (χ3v) is 4.07. The van der Waals surface area contributed by atoms with Crippen LogP contribution in [0.3, 0.4) is 0 Å². The van der Waals surface area contributed by atoms with Gasteiger partial charge in [-0.2, -0.15) is 0 Å². The van der Waals surface area contributed by atoms with Crippen LogP contribution in [0.4, 0.5) is 17.3 Å². The number of nitrogens with zero attached hydrogens (tertiary/aromatic N) is 3. The van der Waals surface area contributed by atoms with Gasteiger partial charge in [-0.25, -0.2) is 9.97 Å². The van der Waals surface area contributed by atoms with Crippen LogP contribution in [0, 0.1) is 13.8 Å². The van der Waals surface area contributed by atoms with Gasteiger partial charge in [0.05, 0.1) is 12.4 Å². The predicted octanol–water partition coefficient (Wildman–Crippen LogP) is 3.84. The quantitative estimate of drug-likeness (QED) is 0.706. The second kappa shape index (κ2) is 6.79. The van der Waals surface area contributed by atoms with Crippen LogP contribution in [-0.4, -0.2) is 21.0 Å². The number of hydrogen-bond donors (Lipinski definition) is 2. The molecule has 8 heteroatoms. The summed E-state index contributed by atoms with van der Waals surface area (Å²) in [6.45, 7) is 3.74. The summed E-state index contributed by atoms with van der Waals surface area (Å²) in [6.07, 6.45) is 2.86. The minimum Gasteiger partial charge on any atom is -0.360 e. The lowest BCUT2D eigenvalue weighted by Crippen LogP contribution is -2.14. The van der Waals surface area contributed by atoms with E-state index in [1.165, 1.54) is 12.4 Å². The fourth-order valence-electron chi connectivity index (χ4n) is 1.98. The standard InChI is InChI=1S/C16H14BrN5O2/c1-9-5-11(3-4-12(9)17)20-16(23)13-7-19-15(8-18-13)21-14-6-10(2)24-22-14/h3-8H,1-2H3,(H,20,23)(H,19,21,22). The molecule has 0 saturated carbocycles. The molecule has 24 heavy (non-hydrogen) atoms. The molecule has 0 aliphatic rings. The average molecular weight is 388 g/mol. The Bertz CT molecular complexity index is 876. The van der Waals surface area contributed by atoms with Crippen molar-refractivity contribution in [3.05, 3.63) is 58.1 Å². The lowest BCUT2D eigenvalue weighted by molar-refractivity contribution is 0.102. The zero-order chi connectivity index (χ0) is 17.1. The Morgan fingerprint density at radius 1 is 1.12 bits per heavy atom. The number of aromatic nitrogens is 3. The fraction of sp³-hybridized carbons (Fsp3) is 0.125. The van der Waals surface area contributed by atoms with E-state index in [0.717, 1.165) is 10.0 Å². The average Bonchev–Trinajstić information content (AvgIpc) is 2.96. The molecule has 1 aromatic carbocycles. The maximum absolute atomic E-state index is 12.2. The maximum atomic E-state index is 12.2. The topological polar surface area (TPSA) is 92.9 Å². The monoisotopic (exact) mass is 387 g/mol. The van der Waals surface area contributed by atoms with Gasteiger partial charge >= 0.3 is 0 Å². The number of anilines is 3. The zero-order valence-electron chi connectivity index (χ0n) is 13.0. The van der Waals surface area contributed by atoms with Gasteiger partial charge in [0.1, 0.15) is 17.3 Å². The maximum Gasteiger partial charge on any atom is 0.275 e. The van der Waals surface area contributed by atoms with E-state index in [9.17, 15) is 4.79 Å². The molecule has 2 aromatic heterocycles. The third kappa shape index (κ3) is 3.77. The highest BCUT2D eigenvalue weighted by Crippen LogP contribution is 2.20. The molecule has 0 bridgehead atoms. The van der Waals surface area contributed by atoms with Crippen LogP contribution in [0.2, 0.25) is 0 Å². The Morgan fingerprint density at radius 3 is 2.58 bits per heavy atom. The van der Waals surface area contributed by atoms with Crippen LogP contribution in [-0.2, 0) is 0 Å². The number of rotatable bonds is 4. The van der Waals surface area contributed by atoms with Crippen molar-refractivity contribution < 1.29 is 9.32 Å². The van der Waals surface area contributed by atoms with Crippen molar-refractivity contribution in [3.63, 3.8) is 0 Å². The van der Waals surface area contributed by atoms with Gasteiger partial charge in [-0.3, -0.25) is 4.79 Å². The Balaban J connectivity index is 1.68. The van der Waals surface area contributed by atoms with E-state index in [1.54, 1.807) is 13.0 Å². The number of carbonyl (C=O) groups is 1. The minimum atomic E-state index is -0.326. The largest absolute Gasteiger partial charge is 0.360 e. The van der Waals surface area contributed by atoms with Crippen LogP contribution in [0.1, 0.15) is 21.8 Å². The zero-order valence-corrected chi connectivity index (χ0v) is 14.6. The molecular weight excluding hydrogens is 374 g/mol. The summed E-state index contributed by atoms with van der Waals surface area (Å²) < 4.78 is 5.94. The van der Waals surface area contributed by atoms with E-state index >= 15 is 0 Å². The van der Waals surface area contributed by atoms with Gasteiger partial charge in [0, 0.05) is 16.2 Å². The molecular formula is C16H14BrN5O2. The van der Waals surface area contributed by atoms with Gasteiger partial charge in [0.25, 0.3) is 5.91 Å². The van der Waals surface area contributed by atoms with Crippen LogP contribution in [0.5, 0.6) is 0 Å². The molecule has 0 saturated heterocycles. The molecule has 0 spiro atoms. The second-order valence-electron chi connectivity index (χ2n) is 5.15. The van der Waals surface area contributed by atoms with E-state index in [1.807, 2.05) is 25.1 Å². The van der Waals surface area contributed by atoms with Gasteiger partial charge in [0.15, 0.2) is 5.82 Å². The van der Waals surface area contributed by atoms with E-state index in [0.29, 0.717) is 23.1 Å². The molecule has 0 radical (unpaired) electrons. The second-order valence-corrected chi connectivity index (χ2v) is 6.01. The lowest BCUT2D eigenvalue weighted by atomic mass is 10.2. The van der Waals surface area contributed by atoms with Gasteiger partial charge in [0.2, 0.25) is 0 Å². The smallest absolute Gasteiger partial charge is 0.275 e. The molecule has 0 aliphatic carbocycles. The number of aryl methyl sites for hydroxylation is 2. The first kappa shape index (κ1) is 16.1. The van der Waals surface area contributed by atoms with Crippen molar-refractivity contribution in [2.75, 3.05) is 10.6 Å². The first-order valence-electron chi connectivity index (χ1n) is 7.11. The number of nitrogens with one attached hydrogen (secondary N) is 2. The summed E-state index contributed by atoms with van der Waals surface area (Å²) in [5, 5.41) is 9.53. The molecule has 0 atom stereocenters. The number of hydrogen-bond acceptors (Lipinski definition) is 6. The third-order valence-electron chi connectivity index (χ3n) is 3.18. The summed E-state index contributed by atoms with van der Waals surface area (Å²) in [5.74, 6) is 1.36. The number of benzene rings is 1. The highest BCUT2D eigenvalue weighted by atomic mass is 79.9. The molecule has 0 fully saturated rings. The van der Waals surface area contributed by atoms with Crippen LogP contribution >= 0.6 is 15.9 Å². The summed E-state index contributed by atoms with van der Waals surface area (Å²) in [4.78, 5) is 20.5. The van der Waals surface area contributed by atoms with Crippen molar-refractivity contribution in [1.82, 2.24) is 15.1 Å². The molecule has 0 aliphatic heterocycles. The SMILES string of the molecule is Cc1cc(Nc2cnc(C(=O)Nc3ccc(Br)c(C)c3)cn2)no1. The van der Waals surface area contributed by atoms with Crippen LogP contribution < -0.4 is 10.6 Å². The first-order valence-corrected chi connectivity index (χ1v) is 7.90. The molecule has 7 nitrogen and oxygen atoms in total. The molecule has 122 valence electrons. The highest BCUT2D eigenvalue weighted by Gasteiger charge is 2.10. The Labute approximate surface area is 146 Å². The predicted molar refractivity (Wildman–Crippen MR) is 93.4 cm³/mol. The number of halogens is 1. The van der Waals surface area contributed by atoms with Crippen molar-refractivity contribution in [3.8, 4) is 0 Å². The Hall–Kier alpha value is -2.74. The van der Waals surface area contributed by atoms with Gasteiger partial charge in [-0.1, -0.05) is 21.1 Å². The van der Waals surface area contributed by atoms with E-state index in [4.69, 9.17) is 4.52 Å². The van der Waals surface area contributed by atoms with Crippen LogP contribution in [0.25, 0.3) is 0 Å². The molecule has 2 N–H and O–H groups in total. The lowest BCUT2D eigenvalue weighted by Gasteiger charge is -2.07. The number of amides is 1. The normalized spacial score (nSPS) is 10.5. The fourth-order valence-corrected chi connectivity index (χ4v) is 2.23. The van der Waals surface area contributed by atoms with Gasteiger partial charge in [-0.15, -0.1) is 0 Å². The van der Waals surface area contributed by atoms with Gasteiger partial charge in [-0.05, 0) is 37.6 Å². The summed E-state index contributed by atoms with van der Waals surface area (Å²) >= 11 is 3.42. The van der Waals surface area contributed by atoms with Crippen molar-refractivity contribution in [1.29, 1.82) is 0 Å². The summed E-state index contributed by atoms with van der Waals surface area (Å²) in [6, 6.07) is 7.30. The summed E-state index contributed by atoms with van der Waals surface area (Å²) in [5.41, 5.74) is 1.95. The van der Waals surface area contributed by atoms with Gasteiger partial charge < -0.3 is 15.2 Å². The Kier molecular flexibility index (Phi) is 4.57. The van der Waals surface area contributed by atoms with Crippen LogP contribution in [0.15, 0.2) is 45.7 Å². The van der Waals surface area contributed by atoms with Crippen molar-refractivity contribution in [2.24, 2.45) is 0 Å². The van der Waals surface area contributed by atoms with E-state index < -0.39 is 0 Å². The first-order chi connectivity index (χ1) is 11.5. The molecule has 2 heterocycles. The van der Waals surface area contributed by atoms with E-state index in [-0.39, 0.29) is 11.6 Å². The molecule has 3 rings (SSSR count). The number of carbonyl (C=O) groups excluding carboxylic acids is 1. The minimum absolute atomic E-state index is 0.220. The van der Waals surface area contributed by atoms with Crippen molar-refractivity contribution in [2.45, 2.75) is 13.8 Å². The highest BCUT2D eigenvalue weighted by molar-refractivity contribution is 9.10. The molecule has 0 unspecified atom stereocenters.